The summed E-state index contributed by atoms with van der Waals surface area (Å²) in [5.41, 5.74) is 7.65. The molecule has 2 aromatic heterocycles. The standard InChI is InChI=1S/C11H14N4S/c1-7-10(16-11(12)13-7)9-4-5-15(14-9)6-8-2-3-8/h4-5,8H,2-3,6H2,1H3,(H2,12,13). The summed E-state index contributed by atoms with van der Waals surface area (Å²) in [5, 5.41) is 5.18. The normalized spacial score (nSPS) is 15.6. The minimum absolute atomic E-state index is 0.615. The molecular formula is C11H14N4S. The van der Waals surface area contributed by atoms with Crippen LogP contribution in [0.2, 0.25) is 0 Å². The Hall–Kier alpha value is -1.36. The van der Waals surface area contributed by atoms with E-state index in [0.717, 1.165) is 28.7 Å². The molecule has 16 heavy (non-hydrogen) atoms. The Morgan fingerprint density at radius 3 is 3.00 bits per heavy atom. The summed E-state index contributed by atoms with van der Waals surface area (Å²) >= 11 is 1.51. The first-order chi connectivity index (χ1) is 7.72. The van der Waals surface area contributed by atoms with E-state index in [1.807, 2.05) is 23.9 Å². The highest BCUT2D eigenvalue weighted by atomic mass is 32.1. The van der Waals surface area contributed by atoms with E-state index in [4.69, 9.17) is 5.73 Å². The van der Waals surface area contributed by atoms with Crippen LogP contribution >= 0.6 is 11.3 Å². The molecule has 3 rings (SSSR count). The number of rotatable bonds is 3. The van der Waals surface area contributed by atoms with E-state index in [0.29, 0.717) is 5.13 Å². The number of nitrogen functional groups attached to an aromatic ring is 1. The monoisotopic (exact) mass is 234 g/mol. The molecule has 0 atom stereocenters. The van der Waals surface area contributed by atoms with Gasteiger partial charge in [0.1, 0.15) is 5.69 Å². The van der Waals surface area contributed by atoms with Gasteiger partial charge in [-0.25, -0.2) is 4.98 Å². The number of aromatic nitrogens is 3. The fraction of sp³-hybridized carbons (Fsp3) is 0.455. The van der Waals surface area contributed by atoms with Gasteiger partial charge in [0.15, 0.2) is 5.13 Å². The zero-order valence-electron chi connectivity index (χ0n) is 9.18. The van der Waals surface area contributed by atoms with Crippen LogP contribution in [0.5, 0.6) is 0 Å². The van der Waals surface area contributed by atoms with Crippen LogP contribution in [-0.4, -0.2) is 14.8 Å². The van der Waals surface area contributed by atoms with Gasteiger partial charge in [0.05, 0.1) is 10.6 Å². The van der Waals surface area contributed by atoms with Crippen molar-refractivity contribution in [3.63, 3.8) is 0 Å². The molecular weight excluding hydrogens is 220 g/mol. The summed E-state index contributed by atoms with van der Waals surface area (Å²) in [6, 6.07) is 2.04. The fourth-order valence-corrected chi connectivity index (χ4v) is 2.60. The van der Waals surface area contributed by atoms with Crippen molar-refractivity contribution in [2.75, 3.05) is 5.73 Å². The van der Waals surface area contributed by atoms with E-state index in [9.17, 15) is 0 Å². The second-order valence-corrected chi connectivity index (χ2v) is 5.36. The lowest BCUT2D eigenvalue weighted by molar-refractivity contribution is 0.565. The van der Waals surface area contributed by atoms with E-state index < -0.39 is 0 Å². The first-order valence-corrected chi connectivity index (χ1v) is 6.31. The van der Waals surface area contributed by atoms with Crippen molar-refractivity contribution < 1.29 is 0 Å². The van der Waals surface area contributed by atoms with E-state index in [-0.39, 0.29) is 0 Å². The number of nitrogens with two attached hydrogens (primary N) is 1. The van der Waals surface area contributed by atoms with Gasteiger partial charge in [0.2, 0.25) is 0 Å². The second-order valence-electron chi connectivity index (χ2n) is 4.33. The molecule has 0 spiro atoms. The predicted octanol–water partition coefficient (Wildman–Crippen LogP) is 2.31. The van der Waals surface area contributed by atoms with Gasteiger partial charge in [-0.1, -0.05) is 11.3 Å². The van der Waals surface area contributed by atoms with Crippen LogP contribution in [0, 0.1) is 12.8 Å². The highest BCUT2D eigenvalue weighted by Crippen LogP contribution is 2.32. The van der Waals surface area contributed by atoms with Crippen LogP contribution in [0.4, 0.5) is 5.13 Å². The summed E-state index contributed by atoms with van der Waals surface area (Å²) < 4.78 is 2.03. The molecule has 84 valence electrons. The molecule has 1 aliphatic rings. The van der Waals surface area contributed by atoms with E-state index in [1.54, 1.807) is 0 Å². The lowest BCUT2D eigenvalue weighted by Gasteiger charge is -1.97. The highest BCUT2D eigenvalue weighted by Gasteiger charge is 2.22. The first kappa shape index (κ1) is 9.84. The molecule has 0 saturated heterocycles. The molecule has 2 heterocycles. The van der Waals surface area contributed by atoms with Crippen LogP contribution in [0.1, 0.15) is 18.5 Å². The van der Waals surface area contributed by atoms with Crippen LogP contribution < -0.4 is 5.73 Å². The van der Waals surface area contributed by atoms with Gasteiger partial charge >= 0.3 is 0 Å². The number of thiazole rings is 1. The Morgan fingerprint density at radius 2 is 2.38 bits per heavy atom. The molecule has 0 unspecified atom stereocenters. The number of anilines is 1. The highest BCUT2D eigenvalue weighted by molar-refractivity contribution is 7.18. The van der Waals surface area contributed by atoms with Gasteiger partial charge in [-0.2, -0.15) is 5.10 Å². The summed E-state index contributed by atoms with van der Waals surface area (Å²) in [6.07, 6.45) is 4.74. The number of nitrogens with zero attached hydrogens (tertiary/aromatic N) is 3. The lowest BCUT2D eigenvalue weighted by atomic mass is 10.3. The number of hydrogen-bond donors (Lipinski definition) is 1. The fourth-order valence-electron chi connectivity index (χ4n) is 1.80. The largest absolute Gasteiger partial charge is 0.375 e. The first-order valence-electron chi connectivity index (χ1n) is 5.49. The number of aryl methyl sites for hydroxylation is 1. The number of hydrogen-bond acceptors (Lipinski definition) is 4. The van der Waals surface area contributed by atoms with E-state index >= 15 is 0 Å². The maximum Gasteiger partial charge on any atom is 0.180 e. The van der Waals surface area contributed by atoms with Crippen molar-refractivity contribution in [3.05, 3.63) is 18.0 Å². The van der Waals surface area contributed by atoms with Crippen LogP contribution in [0.25, 0.3) is 10.6 Å². The molecule has 5 heteroatoms. The molecule has 2 aromatic rings. The average molecular weight is 234 g/mol. The Labute approximate surface area is 98.1 Å². The Balaban J connectivity index is 1.87. The van der Waals surface area contributed by atoms with Gasteiger partial charge in [-0.05, 0) is 31.7 Å². The third-order valence-electron chi connectivity index (χ3n) is 2.83. The van der Waals surface area contributed by atoms with Gasteiger partial charge in [-0.3, -0.25) is 4.68 Å². The molecule has 1 fully saturated rings. The molecule has 0 bridgehead atoms. The summed E-state index contributed by atoms with van der Waals surface area (Å²) in [7, 11) is 0. The molecule has 1 aliphatic carbocycles. The molecule has 0 aromatic carbocycles. The Kier molecular flexibility index (Phi) is 2.21. The van der Waals surface area contributed by atoms with Crippen molar-refractivity contribution in [1.82, 2.24) is 14.8 Å². The third-order valence-corrected chi connectivity index (χ3v) is 3.84. The average Bonchev–Trinajstić information content (AvgIpc) is 2.80. The van der Waals surface area contributed by atoms with E-state index in [1.165, 1.54) is 24.2 Å². The second kappa shape index (κ2) is 3.59. The minimum atomic E-state index is 0.615. The third kappa shape index (κ3) is 1.82. The van der Waals surface area contributed by atoms with Crippen molar-refractivity contribution in [2.45, 2.75) is 26.3 Å². The minimum Gasteiger partial charge on any atom is -0.375 e. The van der Waals surface area contributed by atoms with Crippen LogP contribution in [-0.2, 0) is 6.54 Å². The van der Waals surface area contributed by atoms with Crippen molar-refractivity contribution in [1.29, 1.82) is 0 Å². The Bertz CT molecular complexity index is 510. The molecule has 0 amide bonds. The maximum absolute atomic E-state index is 5.69. The van der Waals surface area contributed by atoms with Gasteiger partial charge in [0.25, 0.3) is 0 Å². The molecule has 2 N–H and O–H groups in total. The zero-order chi connectivity index (χ0) is 11.1. The molecule has 0 aliphatic heterocycles. The van der Waals surface area contributed by atoms with Crippen LogP contribution in [0.3, 0.4) is 0 Å². The topological polar surface area (TPSA) is 56.7 Å². The van der Waals surface area contributed by atoms with E-state index in [2.05, 4.69) is 10.1 Å². The van der Waals surface area contributed by atoms with Gasteiger partial charge < -0.3 is 5.73 Å². The Morgan fingerprint density at radius 1 is 1.56 bits per heavy atom. The molecule has 4 nitrogen and oxygen atoms in total. The van der Waals surface area contributed by atoms with Crippen molar-refractivity contribution >= 4 is 16.5 Å². The van der Waals surface area contributed by atoms with Gasteiger partial charge in [-0.15, -0.1) is 0 Å². The van der Waals surface area contributed by atoms with Crippen LogP contribution in [0.15, 0.2) is 12.3 Å². The summed E-state index contributed by atoms with van der Waals surface area (Å²) in [4.78, 5) is 5.31. The SMILES string of the molecule is Cc1nc(N)sc1-c1ccn(CC2CC2)n1. The van der Waals surface area contributed by atoms with Crippen molar-refractivity contribution in [3.8, 4) is 10.6 Å². The smallest absolute Gasteiger partial charge is 0.180 e. The summed E-state index contributed by atoms with van der Waals surface area (Å²) in [5.74, 6) is 0.848. The van der Waals surface area contributed by atoms with Crippen molar-refractivity contribution in [2.24, 2.45) is 5.92 Å². The quantitative estimate of drug-likeness (QED) is 0.886. The maximum atomic E-state index is 5.69. The molecule has 1 saturated carbocycles. The molecule has 0 radical (unpaired) electrons. The van der Waals surface area contributed by atoms with Gasteiger partial charge in [0, 0.05) is 12.7 Å². The summed E-state index contributed by atoms with van der Waals surface area (Å²) in [6.45, 7) is 3.02. The predicted molar refractivity (Wildman–Crippen MR) is 65.2 cm³/mol. The lowest BCUT2D eigenvalue weighted by Crippen LogP contribution is -1.99. The zero-order valence-corrected chi connectivity index (χ0v) is 10.00.